The average Bonchev–Trinajstić information content (AvgIpc) is 2.85. The number of carbonyl (C=O) groups is 1. The Morgan fingerprint density at radius 1 is 1.33 bits per heavy atom. The minimum Gasteiger partial charge on any atom is -0.338 e. The predicted octanol–water partition coefficient (Wildman–Crippen LogP) is 4.55. The molecule has 1 saturated heterocycles. The third-order valence-electron chi connectivity index (χ3n) is 4.40. The third kappa shape index (κ3) is 2.80. The minimum absolute atomic E-state index is 0.200. The van der Waals surface area contributed by atoms with Crippen LogP contribution in [0.5, 0.6) is 0 Å². The quantitative estimate of drug-likeness (QED) is 0.796. The number of rotatable bonds is 3. The number of nitrogens with zero attached hydrogens (tertiary/aromatic N) is 1. The Hall–Kier alpha value is -0.350. The molecule has 0 bridgehead atoms. The maximum absolute atomic E-state index is 12.3. The van der Waals surface area contributed by atoms with Crippen LogP contribution in [0, 0.1) is 5.41 Å². The first-order valence-corrected chi connectivity index (χ1v) is 8.26. The second-order valence-corrected chi connectivity index (χ2v) is 7.57. The summed E-state index contributed by atoms with van der Waals surface area (Å²) in [5, 5.41) is 0. The third-order valence-corrected chi connectivity index (χ3v) is 6.01. The van der Waals surface area contributed by atoms with Crippen LogP contribution < -0.4 is 0 Å². The van der Waals surface area contributed by atoms with Gasteiger partial charge in [0.1, 0.15) is 0 Å². The molecule has 0 aromatic carbocycles. The number of carbonyl (C=O) groups excluding carboxylic acids is 1. The lowest BCUT2D eigenvalue weighted by Gasteiger charge is -2.40. The van der Waals surface area contributed by atoms with Crippen molar-refractivity contribution in [3.63, 3.8) is 0 Å². The topological polar surface area (TPSA) is 20.3 Å². The first-order chi connectivity index (χ1) is 8.60. The van der Waals surface area contributed by atoms with Crippen molar-refractivity contribution >= 4 is 33.2 Å². The fourth-order valence-corrected chi connectivity index (χ4v) is 4.08. The molecular formula is C14H20BrNOS. The van der Waals surface area contributed by atoms with Crippen LogP contribution in [-0.2, 0) is 0 Å². The van der Waals surface area contributed by atoms with Gasteiger partial charge in [-0.25, -0.2) is 0 Å². The maximum Gasteiger partial charge on any atom is 0.263 e. The molecule has 0 radical (unpaired) electrons. The summed E-state index contributed by atoms with van der Waals surface area (Å²) in [5.41, 5.74) is 0.479. The summed E-state index contributed by atoms with van der Waals surface area (Å²) in [5.74, 6) is 0.200. The van der Waals surface area contributed by atoms with E-state index in [1.165, 1.54) is 24.2 Å². The molecule has 2 nitrogen and oxygen atoms in total. The molecule has 0 N–H and O–H groups in total. The summed E-state index contributed by atoms with van der Waals surface area (Å²) in [7, 11) is 0. The molecule has 1 aromatic heterocycles. The molecule has 0 atom stereocenters. The molecule has 0 unspecified atom stereocenters. The van der Waals surface area contributed by atoms with E-state index in [0.29, 0.717) is 5.41 Å². The van der Waals surface area contributed by atoms with Crippen LogP contribution in [0.15, 0.2) is 15.9 Å². The van der Waals surface area contributed by atoms with Gasteiger partial charge in [-0.3, -0.25) is 4.79 Å². The van der Waals surface area contributed by atoms with Gasteiger partial charge in [-0.05, 0) is 46.3 Å². The van der Waals surface area contributed by atoms with Crippen molar-refractivity contribution < 1.29 is 4.79 Å². The minimum atomic E-state index is 0.200. The van der Waals surface area contributed by atoms with E-state index < -0.39 is 0 Å². The molecule has 1 aromatic rings. The predicted molar refractivity (Wildman–Crippen MR) is 80.2 cm³/mol. The molecule has 2 rings (SSSR count). The van der Waals surface area contributed by atoms with Crippen molar-refractivity contribution in [2.24, 2.45) is 5.41 Å². The Balaban J connectivity index is 1.99. The highest BCUT2D eigenvalue weighted by Crippen LogP contribution is 2.38. The standard InChI is InChI=1S/C14H20BrNOS/c1-3-14(4-2)7-9-16(10-8-14)13(17)11-5-6-12(15)18-11/h5-6H,3-4,7-10H2,1-2H3. The fourth-order valence-electron chi connectivity index (χ4n) is 2.73. The Morgan fingerprint density at radius 3 is 2.39 bits per heavy atom. The molecule has 0 spiro atoms. The van der Waals surface area contributed by atoms with Crippen LogP contribution in [-0.4, -0.2) is 23.9 Å². The number of hydrogen-bond acceptors (Lipinski definition) is 2. The van der Waals surface area contributed by atoms with Gasteiger partial charge in [0.2, 0.25) is 0 Å². The van der Waals surface area contributed by atoms with Crippen LogP contribution in [0.1, 0.15) is 49.2 Å². The number of halogens is 1. The van der Waals surface area contributed by atoms with E-state index >= 15 is 0 Å². The van der Waals surface area contributed by atoms with E-state index in [2.05, 4.69) is 29.8 Å². The van der Waals surface area contributed by atoms with Gasteiger partial charge in [0.05, 0.1) is 8.66 Å². The normalized spacial score (nSPS) is 18.9. The first kappa shape index (κ1) is 14.1. The zero-order valence-electron chi connectivity index (χ0n) is 11.0. The van der Waals surface area contributed by atoms with Crippen LogP contribution >= 0.6 is 27.3 Å². The van der Waals surface area contributed by atoms with Crippen molar-refractivity contribution in [3.8, 4) is 0 Å². The second kappa shape index (κ2) is 5.74. The Bertz CT molecular complexity index is 415. The first-order valence-electron chi connectivity index (χ1n) is 6.65. The lowest BCUT2D eigenvalue weighted by Crippen LogP contribution is -2.42. The number of thiophene rings is 1. The molecule has 2 heterocycles. The number of likely N-dealkylation sites (tertiary alicyclic amines) is 1. The Morgan fingerprint density at radius 2 is 1.94 bits per heavy atom. The van der Waals surface area contributed by atoms with Crippen molar-refractivity contribution in [2.75, 3.05) is 13.1 Å². The number of amides is 1. The van der Waals surface area contributed by atoms with E-state index in [1.54, 1.807) is 0 Å². The molecule has 18 heavy (non-hydrogen) atoms. The number of piperidine rings is 1. The largest absolute Gasteiger partial charge is 0.338 e. The highest BCUT2D eigenvalue weighted by molar-refractivity contribution is 9.11. The summed E-state index contributed by atoms with van der Waals surface area (Å²) >= 11 is 4.94. The average molecular weight is 330 g/mol. The van der Waals surface area contributed by atoms with E-state index in [-0.39, 0.29) is 5.91 Å². The smallest absolute Gasteiger partial charge is 0.263 e. The fraction of sp³-hybridized carbons (Fsp3) is 0.643. The van der Waals surface area contributed by atoms with Gasteiger partial charge in [0.25, 0.3) is 5.91 Å². The Labute approximate surface area is 122 Å². The van der Waals surface area contributed by atoms with Gasteiger partial charge >= 0.3 is 0 Å². The van der Waals surface area contributed by atoms with E-state index in [4.69, 9.17) is 0 Å². The van der Waals surface area contributed by atoms with Gasteiger partial charge < -0.3 is 4.90 Å². The lowest BCUT2D eigenvalue weighted by atomic mass is 9.74. The molecule has 100 valence electrons. The number of hydrogen-bond donors (Lipinski definition) is 0. The highest BCUT2D eigenvalue weighted by atomic mass is 79.9. The maximum atomic E-state index is 12.3. The summed E-state index contributed by atoms with van der Waals surface area (Å²) in [6.07, 6.45) is 4.77. The summed E-state index contributed by atoms with van der Waals surface area (Å²) < 4.78 is 1.03. The van der Waals surface area contributed by atoms with Gasteiger partial charge in [-0.15, -0.1) is 11.3 Å². The van der Waals surface area contributed by atoms with E-state index in [9.17, 15) is 4.79 Å². The van der Waals surface area contributed by atoms with Crippen molar-refractivity contribution in [1.29, 1.82) is 0 Å². The molecule has 1 aliphatic heterocycles. The molecule has 1 aliphatic rings. The SMILES string of the molecule is CCC1(CC)CCN(C(=O)c2ccc(Br)s2)CC1. The van der Waals surface area contributed by atoms with Gasteiger partial charge in [-0.2, -0.15) is 0 Å². The molecular weight excluding hydrogens is 310 g/mol. The monoisotopic (exact) mass is 329 g/mol. The van der Waals surface area contributed by atoms with Crippen LogP contribution in [0.25, 0.3) is 0 Å². The summed E-state index contributed by atoms with van der Waals surface area (Å²) in [4.78, 5) is 15.2. The van der Waals surface area contributed by atoms with E-state index in [1.807, 2.05) is 17.0 Å². The lowest BCUT2D eigenvalue weighted by molar-refractivity contribution is 0.0562. The molecule has 4 heteroatoms. The van der Waals surface area contributed by atoms with Crippen LogP contribution in [0.3, 0.4) is 0 Å². The van der Waals surface area contributed by atoms with Crippen molar-refractivity contribution in [2.45, 2.75) is 39.5 Å². The van der Waals surface area contributed by atoms with Crippen molar-refractivity contribution in [3.05, 3.63) is 20.8 Å². The highest BCUT2D eigenvalue weighted by Gasteiger charge is 2.33. The zero-order chi connectivity index (χ0) is 13.2. The zero-order valence-corrected chi connectivity index (χ0v) is 13.4. The molecule has 1 amide bonds. The van der Waals surface area contributed by atoms with Gasteiger partial charge in [-0.1, -0.05) is 26.7 Å². The van der Waals surface area contributed by atoms with Gasteiger partial charge in [0, 0.05) is 13.1 Å². The summed E-state index contributed by atoms with van der Waals surface area (Å²) in [6.45, 7) is 6.38. The van der Waals surface area contributed by atoms with Crippen LogP contribution in [0.2, 0.25) is 0 Å². The molecule has 0 aliphatic carbocycles. The van der Waals surface area contributed by atoms with Crippen LogP contribution in [0.4, 0.5) is 0 Å². The molecule has 1 fully saturated rings. The van der Waals surface area contributed by atoms with Gasteiger partial charge in [0.15, 0.2) is 0 Å². The second-order valence-electron chi connectivity index (χ2n) is 5.10. The van der Waals surface area contributed by atoms with E-state index in [0.717, 1.165) is 34.6 Å². The summed E-state index contributed by atoms with van der Waals surface area (Å²) in [6, 6.07) is 3.86. The molecule has 0 saturated carbocycles. The Kier molecular flexibility index (Phi) is 4.49. The van der Waals surface area contributed by atoms with Crippen molar-refractivity contribution in [1.82, 2.24) is 4.90 Å².